The van der Waals surface area contributed by atoms with Crippen molar-refractivity contribution in [1.82, 2.24) is 0 Å². The molecule has 0 aliphatic rings. The molecule has 15 heavy (non-hydrogen) atoms. The van der Waals surface area contributed by atoms with E-state index in [9.17, 15) is 13.2 Å². The molecule has 88 valence electrons. The Hall–Kier alpha value is -0.390. The molecule has 1 aromatic heterocycles. The van der Waals surface area contributed by atoms with Gasteiger partial charge in [-0.1, -0.05) is 0 Å². The molecule has 1 atom stereocenters. The summed E-state index contributed by atoms with van der Waals surface area (Å²) < 4.78 is 40.4. The van der Waals surface area contributed by atoms with Crippen LogP contribution in [0.1, 0.15) is 24.6 Å². The van der Waals surface area contributed by atoms with Gasteiger partial charge in [0.1, 0.15) is 5.76 Å². The summed E-state index contributed by atoms with van der Waals surface area (Å²) in [4.78, 5) is 0. The predicted molar refractivity (Wildman–Crippen MR) is 53.2 cm³/mol. The molecule has 2 nitrogen and oxygen atoms in total. The fraction of sp³-hybridized carbons (Fsp3) is 0.500. The lowest BCUT2D eigenvalue weighted by Crippen LogP contribution is -2.15. The van der Waals surface area contributed by atoms with Crippen LogP contribution in [0.25, 0.3) is 0 Å². The van der Waals surface area contributed by atoms with Crippen molar-refractivity contribution in [3.63, 3.8) is 0 Å². The molecule has 2 N–H and O–H groups in total. The average molecular weight is 264 g/mol. The van der Waals surface area contributed by atoms with Crippen molar-refractivity contribution in [3.05, 3.63) is 23.1 Å². The van der Waals surface area contributed by atoms with Gasteiger partial charge in [0.15, 0.2) is 5.22 Å². The number of rotatable bonds is 3. The van der Waals surface area contributed by atoms with Crippen LogP contribution >= 0.6 is 24.0 Å². The standard InChI is InChI=1S/C8H9ClF3NO.ClH/c9-7-2-1-6(14-7)5(13)3-4-8(10,11)12;/h1-2,5H,3-4,13H2;1H/t5-;/m1./s1. The summed E-state index contributed by atoms with van der Waals surface area (Å²) in [6, 6.07) is 2.16. The molecular weight excluding hydrogens is 254 g/mol. The summed E-state index contributed by atoms with van der Waals surface area (Å²) in [5.74, 6) is 0.277. The molecule has 7 heteroatoms. The van der Waals surface area contributed by atoms with Crippen LogP contribution in [0, 0.1) is 0 Å². The first-order valence-electron chi connectivity index (χ1n) is 3.96. The monoisotopic (exact) mass is 263 g/mol. The van der Waals surface area contributed by atoms with Crippen molar-refractivity contribution in [2.75, 3.05) is 0 Å². The van der Waals surface area contributed by atoms with Crippen molar-refractivity contribution in [2.24, 2.45) is 5.73 Å². The molecule has 0 fully saturated rings. The fourth-order valence-electron chi connectivity index (χ4n) is 0.989. The van der Waals surface area contributed by atoms with Gasteiger partial charge >= 0.3 is 6.18 Å². The first-order chi connectivity index (χ1) is 6.38. The number of nitrogens with two attached hydrogens (primary N) is 1. The molecule has 1 heterocycles. The number of hydrogen-bond acceptors (Lipinski definition) is 2. The minimum atomic E-state index is -4.19. The highest BCUT2D eigenvalue weighted by molar-refractivity contribution is 6.28. The predicted octanol–water partition coefficient (Wildman–Crippen LogP) is 3.70. The molecule has 0 aliphatic carbocycles. The maximum Gasteiger partial charge on any atom is 0.389 e. The van der Waals surface area contributed by atoms with Gasteiger partial charge < -0.3 is 10.2 Å². The van der Waals surface area contributed by atoms with Gasteiger partial charge in [0, 0.05) is 6.42 Å². The van der Waals surface area contributed by atoms with Crippen LogP contribution in [-0.4, -0.2) is 6.18 Å². The van der Waals surface area contributed by atoms with E-state index in [2.05, 4.69) is 0 Å². The number of hydrogen-bond donors (Lipinski definition) is 1. The molecule has 0 unspecified atom stereocenters. The highest BCUT2D eigenvalue weighted by Crippen LogP contribution is 2.27. The van der Waals surface area contributed by atoms with E-state index in [1.54, 1.807) is 0 Å². The summed E-state index contributed by atoms with van der Waals surface area (Å²) in [6.07, 6.45) is -5.31. The van der Waals surface area contributed by atoms with Crippen LogP contribution < -0.4 is 5.73 Å². The zero-order valence-electron chi connectivity index (χ0n) is 7.55. The van der Waals surface area contributed by atoms with Gasteiger partial charge in [-0.05, 0) is 30.2 Å². The lowest BCUT2D eigenvalue weighted by molar-refractivity contribution is -0.136. The summed E-state index contributed by atoms with van der Waals surface area (Å²) in [5.41, 5.74) is 5.46. The first-order valence-corrected chi connectivity index (χ1v) is 4.34. The average Bonchev–Trinajstić information content (AvgIpc) is 2.46. The SMILES string of the molecule is Cl.N[C@H](CCC(F)(F)F)c1ccc(Cl)o1. The Labute approximate surface area is 96.0 Å². The number of furan rings is 1. The Morgan fingerprint density at radius 2 is 2.00 bits per heavy atom. The second-order valence-corrected chi connectivity index (χ2v) is 3.27. The molecule has 0 saturated carbocycles. The van der Waals surface area contributed by atoms with E-state index in [-0.39, 0.29) is 29.8 Å². The van der Waals surface area contributed by atoms with Crippen LogP contribution in [0.3, 0.4) is 0 Å². The van der Waals surface area contributed by atoms with E-state index >= 15 is 0 Å². The first kappa shape index (κ1) is 14.6. The van der Waals surface area contributed by atoms with Crippen molar-refractivity contribution >= 4 is 24.0 Å². The zero-order chi connectivity index (χ0) is 10.8. The van der Waals surface area contributed by atoms with Crippen molar-refractivity contribution < 1.29 is 17.6 Å². The van der Waals surface area contributed by atoms with E-state index in [0.717, 1.165) is 0 Å². The summed E-state index contributed by atoms with van der Waals surface area (Å²) in [6.45, 7) is 0. The molecular formula is C8H10Cl2F3NO. The summed E-state index contributed by atoms with van der Waals surface area (Å²) in [7, 11) is 0. The molecule has 0 radical (unpaired) electrons. The Kier molecular flexibility index (Phi) is 5.48. The van der Waals surface area contributed by atoms with Gasteiger partial charge in [0.25, 0.3) is 0 Å². The largest absolute Gasteiger partial charge is 0.448 e. The molecule has 0 spiro atoms. The van der Waals surface area contributed by atoms with Crippen LogP contribution in [0.4, 0.5) is 13.2 Å². The van der Waals surface area contributed by atoms with E-state index < -0.39 is 18.6 Å². The molecule has 1 rings (SSSR count). The third kappa shape index (κ3) is 5.30. The fourth-order valence-corrected chi connectivity index (χ4v) is 1.14. The van der Waals surface area contributed by atoms with Gasteiger partial charge in [-0.2, -0.15) is 13.2 Å². The molecule has 0 saturated heterocycles. The normalized spacial score (nSPS) is 13.4. The van der Waals surface area contributed by atoms with Gasteiger partial charge in [-0.25, -0.2) is 0 Å². The number of halogens is 5. The molecule has 0 aliphatic heterocycles. The lowest BCUT2D eigenvalue weighted by atomic mass is 10.1. The maximum absolute atomic E-state index is 11.8. The van der Waals surface area contributed by atoms with Crippen molar-refractivity contribution in [3.8, 4) is 0 Å². The van der Waals surface area contributed by atoms with Crippen LogP contribution in [0.15, 0.2) is 16.5 Å². The second kappa shape index (κ2) is 5.63. The lowest BCUT2D eigenvalue weighted by Gasteiger charge is -2.10. The molecule has 0 bridgehead atoms. The third-order valence-electron chi connectivity index (χ3n) is 1.70. The van der Waals surface area contributed by atoms with Gasteiger partial charge in [0.2, 0.25) is 0 Å². The van der Waals surface area contributed by atoms with Crippen LogP contribution in [0.5, 0.6) is 0 Å². The minimum absolute atomic E-state index is 0. The Morgan fingerprint density at radius 3 is 2.40 bits per heavy atom. The summed E-state index contributed by atoms with van der Waals surface area (Å²) in [5, 5.41) is 0.127. The Balaban J connectivity index is 0.00000196. The maximum atomic E-state index is 11.8. The van der Waals surface area contributed by atoms with Gasteiger partial charge in [-0.15, -0.1) is 12.4 Å². The quantitative estimate of drug-likeness (QED) is 0.904. The van der Waals surface area contributed by atoms with E-state index in [1.165, 1.54) is 12.1 Å². The zero-order valence-corrected chi connectivity index (χ0v) is 9.12. The van der Waals surface area contributed by atoms with E-state index in [0.29, 0.717) is 0 Å². The summed E-state index contributed by atoms with van der Waals surface area (Å²) >= 11 is 5.45. The van der Waals surface area contributed by atoms with E-state index in [4.69, 9.17) is 21.8 Å². The van der Waals surface area contributed by atoms with Crippen LogP contribution in [-0.2, 0) is 0 Å². The minimum Gasteiger partial charge on any atom is -0.448 e. The molecule has 1 aromatic rings. The van der Waals surface area contributed by atoms with E-state index in [1.807, 2.05) is 0 Å². The van der Waals surface area contributed by atoms with Crippen molar-refractivity contribution in [1.29, 1.82) is 0 Å². The molecule has 0 amide bonds. The topological polar surface area (TPSA) is 39.2 Å². The highest BCUT2D eigenvalue weighted by atomic mass is 35.5. The van der Waals surface area contributed by atoms with Crippen molar-refractivity contribution in [2.45, 2.75) is 25.1 Å². The second-order valence-electron chi connectivity index (χ2n) is 2.90. The van der Waals surface area contributed by atoms with Crippen LogP contribution in [0.2, 0.25) is 5.22 Å². The number of alkyl halides is 3. The third-order valence-corrected chi connectivity index (χ3v) is 1.90. The molecule has 0 aromatic carbocycles. The van der Waals surface area contributed by atoms with Gasteiger partial charge in [0.05, 0.1) is 6.04 Å². The highest BCUT2D eigenvalue weighted by Gasteiger charge is 2.28. The van der Waals surface area contributed by atoms with Gasteiger partial charge in [-0.3, -0.25) is 0 Å². The Morgan fingerprint density at radius 1 is 1.40 bits per heavy atom. The smallest absolute Gasteiger partial charge is 0.389 e. The Bertz CT molecular complexity index is 300.